The van der Waals surface area contributed by atoms with Crippen molar-refractivity contribution in [3.63, 3.8) is 0 Å². The monoisotopic (exact) mass is 1740 g/mol. The van der Waals surface area contributed by atoms with E-state index in [0.717, 1.165) is 114 Å². The lowest BCUT2D eigenvalue weighted by molar-refractivity contribution is -0.291. The second-order valence-corrected chi connectivity index (χ2v) is 43.8. The molecule has 2 saturated heterocycles. The van der Waals surface area contributed by atoms with Gasteiger partial charge in [-0.15, -0.1) is 0 Å². The van der Waals surface area contributed by atoms with Gasteiger partial charge in [-0.25, -0.2) is 9.59 Å². The first-order valence-corrected chi connectivity index (χ1v) is 47.0. The second kappa shape index (κ2) is 39.7. The zero-order valence-electron chi connectivity index (χ0n) is 80.3. The molecule has 696 valence electrons. The summed E-state index contributed by atoms with van der Waals surface area (Å²) in [7, 11) is 0. The van der Waals surface area contributed by atoms with E-state index in [-0.39, 0.29) is 82.2 Å². The van der Waals surface area contributed by atoms with Crippen LogP contribution in [0.3, 0.4) is 0 Å². The number of phenols is 1. The maximum atomic E-state index is 13.1. The molecule has 13 fully saturated rings. The third-order valence-corrected chi connectivity index (χ3v) is 29.3. The zero-order chi connectivity index (χ0) is 92.6. The maximum absolute atomic E-state index is 13.1. The fraction of sp³-hybridized carbons (Fsp3) is 0.738. The molecule has 11 unspecified atom stereocenters. The summed E-state index contributed by atoms with van der Waals surface area (Å²) >= 11 is 0. The largest absolute Gasteiger partial charge is 0.509 e. The van der Waals surface area contributed by atoms with Gasteiger partial charge in [0.2, 0.25) is 0 Å². The highest BCUT2D eigenvalue weighted by atomic mass is 16.8. The highest BCUT2D eigenvalue weighted by molar-refractivity contribution is 5.85. The Hall–Kier alpha value is -7.77. The van der Waals surface area contributed by atoms with E-state index in [4.69, 9.17) is 61.9 Å². The molecule has 0 spiro atoms. The molecule has 2 aliphatic heterocycles. The van der Waals surface area contributed by atoms with Crippen molar-refractivity contribution in [3.05, 3.63) is 84.4 Å². The molecule has 3 aromatic rings. The van der Waals surface area contributed by atoms with E-state index in [1.807, 2.05) is 152 Å². The van der Waals surface area contributed by atoms with Crippen LogP contribution in [0.25, 0.3) is 11.1 Å². The summed E-state index contributed by atoms with van der Waals surface area (Å²) in [6.45, 7) is 47.0. The second-order valence-electron chi connectivity index (χ2n) is 43.8. The Bertz CT molecular complexity index is 4160. The Kier molecular flexibility index (Phi) is 32.1. The highest BCUT2D eigenvalue weighted by Gasteiger charge is 2.73. The minimum absolute atomic E-state index is 0.0197. The molecule has 2 heterocycles. The number of benzene rings is 3. The van der Waals surface area contributed by atoms with Crippen molar-refractivity contribution in [2.45, 2.75) is 415 Å². The van der Waals surface area contributed by atoms with E-state index in [0.29, 0.717) is 87.0 Å². The molecule has 11 atom stereocenters. The third kappa shape index (κ3) is 25.0. The van der Waals surface area contributed by atoms with E-state index in [2.05, 4.69) is 45.9 Å². The van der Waals surface area contributed by atoms with Crippen LogP contribution < -0.4 is 4.74 Å². The first-order valence-electron chi connectivity index (χ1n) is 47.0. The van der Waals surface area contributed by atoms with Crippen LogP contribution in [0.4, 0.5) is 9.59 Å². The molecule has 0 aromatic heterocycles. The quantitative estimate of drug-likeness (QED) is 0.0524. The maximum Gasteiger partial charge on any atom is 0.509 e. The Balaban J connectivity index is 0.000000175. The lowest BCUT2D eigenvalue weighted by atomic mass is 9.50. The molecule has 11 saturated carbocycles. The molecule has 0 radical (unpaired) electrons. The molecule has 22 heteroatoms. The number of phenolic OH excluding ortho intramolecular Hbond substituents is 1. The van der Waals surface area contributed by atoms with Crippen LogP contribution in [-0.4, -0.2) is 123 Å². The Morgan fingerprint density at radius 1 is 0.496 bits per heavy atom. The van der Waals surface area contributed by atoms with Crippen molar-refractivity contribution in [2.24, 2.45) is 62.1 Å². The number of nitriles is 1. The molecule has 10 bridgehead atoms. The van der Waals surface area contributed by atoms with Gasteiger partial charge in [0.25, 0.3) is 0 Å². The minimum Gasteiger partial charge on any atom is -0.508 e. The summed E-state index contributed by atoms with van der Waals surface area (Å²) < 4.78 is 70.0. The number of ether oxygens (including phenoxy) is 12. The van der Waals surface area contributed by atoms with Crippen molar-refractivity contribution < 1.29 is 100 Å². The summed E-state index contributed by atoms with van der Waals surface area (Å²) in [6.07, 6.45) is 21.9. The van der Waals surface area contributed by atoms with Crippen molar-refractivity contribution >= 4 is 48.1 Å². The van der Waals surface area contributed by atoms with Gasteiger partial charge < -0.3 is 61.9 Å². The van der Waals surface area contributed by atoms with E-state index >= 15 is 0 Å². The van der Waals surface area contributed by atoms with Gasteiger partial charge in [0.15, 0.2) is 11.7 Å². The first-order chi connectivity index (χ1) is 58.2. The molecule has 0 amide bonds. The van der Waals surface area contributed by atoms with Crippen molar-refractivity contribution in [1.82, 2.24) is 0 Å². The van der Waals surface area contributed by atoms with E-state index in [1.54, 1.807) is 53.7 Å². The van der Waals surface area contributed by atoms with Crippen LogP contribution in [0.15, 0.2) is 78.9 Å². The average Bonchev–Trinajstić information content (AvgIpc) is 1.69. The average molecular weight is 1740 g/mol. The van der Waals surface area contributed by atoms with Crippen LogP contribution in [0.2, 0.25) is 0 Å². The van der Waals surface area contributed by atoms with Crippen LogP contribution in [-0.2, 0) is 80.9 Å². The predicted octanol–water partition coefficient (Wildman–Crippen LogP) is 23.8. The number of hydrogen-bond donors (Lipinski definition) is 1. The molecule has 125 heavy (non-hydrogen) atoms. The normalized spacial score (nSPS) is 29.5. The fourth-order valence-electron chi connectivity index (χ4n) is 20.3. The molecular weight excluding hydrogens is 1590 g/mol. The number of nitrogens with zero attached hydrogens (tertiary/aromatic N) is 1. The van der Waals surface area contributed by atoms with Gasteiger partial charge in [0.05, 0.1) is 38.7 Å². The molecular formula is C103H153NO21. The zero-order valence-corrected chi connectivity index (χ0v) is 80.3. The van der Waals surface area contributed by atoms with E-state index < -0.39 is 79.5 Å². The first kappa shape index (κ1) is 101. The van der Waals surface area contributed by atoms with Gasteiger partial charge in [0, 0.05) is 44.1 Å². The number of fused-ring (bicyclic) bond motifs is 1. The summed E-state index contributed by atoms with van der Waals surface area (Å²) in [5, 5.41) is 18.3. The minimum atomic E-state index is -0.974. The van der Waals surface area contributed by atoms with E-state index in [9.17, 15) is 43.6 Å². The molecule has 3 aromatic carbocycles. The third-order valence-electron chi connectivity index (χ3n) is 29.3. The van der Waals surface area contributed by atoms with Crippen LogP contribution in [0, 0.1) is 73.4 Å². The smallest absolute Gasteiger partial charge is 0.508 e. The number of aromatic hydroxyl groups is 1. The number of carbonyl (C=O) groups is 8. The van der Waals surface area contributed by atoms with Crippen molar-refractivity contribution in [1.29, 1.82) is 5.26 Å². The Labute approximate surface area is 746 Å². The van der Waals surface area contributed by atoms with Crippen molar-refractivity contribution in [2.75, 3.05) is 6.61 Å². The molecule has 16 rings (SSSR count). The van der Waals surface area contributed by atoms with Gasteiger partial charge in [0.1, 0.15) is 62.9 Å². The van der Waals surface area contributed by atoms with Crippen LogP contribution in [0.5, 0.6) is 11.5 Å². The summed E-state index contributed by atoms with van der Waals surface area (Å²) in [5.41, 5.74) is -4.50. The number of esters is 6. The lowest BCUT2D eigenvalue weighted by Gasteiger charge is -2.63. The Morgan fingerprint density at radius 2 is 0.936 bits per heavy atom. The number of rotatable bonds is 23. The summed E-state index contributed by atoms with van der Waals surface area (Å²) in [4.78, 5) is 99.5. The highest BCUT2D eigenvalue weighted by Crippen LogP contribution is 2.66. The number of carbonyl (C=O) groups excluding carboxylic acids is 8. The molecule has 22 nitrogen and oxygen atoms in total. The SMILES string of the molecule is CCC(C)(C)C(=O)OC12CC3CC(C1)CC(OC1CCCCO1)(C3)C2.CCC(C)(C)C(=O)OC12CC3CC(OC(=O)OC(C)(C)C)(CC(OC(=O)OC(C)(C)C)(C3)C1)C2.CCC(C)(C)C(=O)OC1C2CC3C1OC(=O)C3(C#N)C2.CCC(C)(C)C(=O)Oc1ccc(-c2ccccc2)cc1.CCC(C)c1ccc(O)cc1.CCC1(OC(=O)C(C)(C)CC)CCCC1. The molecule has 13 aliphatic rings. The molecule has 11 aliphatic carbocycles. The van der Waals surface area contributed by atoms with E-state index in [1.165, 1.54) is 31.2 Å². The van der Waals surface area contributed by atoms with Gasteiger partial charge in [-0.2, -0.15) is 5.26 Å². The summed E-state index contributed by atoms with van der Waals surface area (Å²) in [6, 6.07) is 27.3. The lowest BCUT2D eigenvalue weighted by Crippen LogP contribution is -2.69. The van der Waals surface area contributed by atoms with Gasteiger partial charge in [-0.1, -0.05) is 110 Å². The standard InChI is InChI=1S/C26H42O8.C21H34O4.C18H20O2.C15H19NO4.C13H24O2.C10H14O/c1-10-23(8,9)18(27)30-24-11-17-12-25(14-24,33-19(28)31-21(2,3)4)16-26(13-17,15-24)34-20(29)32-22(5,6)7;1-4-19(2,3)18(22)25-21-12-15-9-16(13-21)11-20(10-15,14-21)24-17-7-5-6-8-23-17;1-4-18(2,3)17(19)20-16-12-10-15(11-13-16)14-8-6-5-7-9-14;1-4-14(2,3)12(17)19-10-8-5-9-11(10)20-13(18)15(9,6-8)7-16;1-5-12(3,4)11(14)15-13(6-2)9-7-8-10-13;1-3-8(2)9-4-6-10(11)7-5-9/h17H,10-16H2,1-9H3;15-17H,4-14H2,1-3H3;5-13H,4H2,1-3H3;8-11H,4-6H2,1-3H3;5-10H2,1-4H3;4-8,11H,3H2,1-2H3. The predicted molar refractivity (Wildman–Crippen MR) is 477 cm³/mol. The van der Waals surface area contributed by atoms with Gasteiger partial charge in [-0.3, -0.25) is 28.8 Å². The van der Waals surface area contributed by atoms with Crippen LogP contribution >= 0.6 is 0 Å². The van der Waals surface area contributed by atoms with Gasteiger partial charge >= 0.3 is 48.1 Å². The van der Waals surface area contributed by atoms with Gasteiger partial charge in [-0.05, 0) is 330 Å². The summed E-state index contributed by atoms with van der Waals surface area (Å²) in [5.74, 6) is 1.65. The molecule has 1 N–H and O–H groups in total. The fourth-order valence-corrected chi connectivity index (χ4v) is 20.3. The van der Waals surface area contributed by atoms with Crippen molar-refractivity contribution in [3.8, 4) is 28.7 Å². The topological polar surface area (TPSA) is 291 Å². The number of hydrogen-bond acceptors (Lipinski definition) is 22. The Morgan fingerprint density at radius 3 is 1.39 bits per heavy atom. The van der Waals surface area contributed by atoms with Crippen LogP contribution in [0.1, 0.15) is 357 Å².